The van der Waals surface area contributed by atoms with Gasteiger partial charge in [-0.1, -0.05) is 12.1 Å². The first kappa shape index (κ1) is 16.5. The van der Waals surface area contributed by atoms with Gasteiger partial charge in [-0.3, -0.25) is 15.2 Å². The number of aromatic nitrogens is 1. The van der Waals surface area contributed by atoms with Crippen LogP contribution in [0.3, 0.4) is 0 Å². The van der Waals surface area contributed by atoms with Crippen LogP contribution >= 0.6 is 0 Å². The summed E-state index contributed by atoms with van der Waals surface area (Å²) in [5.41, 5.74) is 9.14. The molecule has 0 aliphatic carbocycles. The third-order valence-electron chi connectivity index (χ3n) is 4.30. The molecule has 2 aromatic heterocycles. The smallest absolute Gasteiger partial charge is 0.255 e. The number of benzene rings is 2. The van der Waals surface area contributed by atoms with Crippen LogP contribution in [0.25, 0.3) is 21.9 Å². The third-order valence-corrected chi connectivity index (χ3v) is 4.30. The molecule has 6 heteroatoms. The van der Waals surface area contributed by atoms with Crippen molar-refractivity contribution in [1.82, 2.24) is 4.98 Å². The van der Waals surface area contributed by atoms with Crippen LogP contribution in [0.5, 0.6) is 0 Å². The second-order valence-corrected chi connectivity index (χ2v) is 6.08. The van der Waals surface area contributed by atoms with Gasteiger partial charge in [0, 0.05) is 34.8 Å². The molecule has 0 saturated carbocycles. The highest BCUT2D eigenvalue weighted by molar-refractivity contribution is 6.10. The molecule has 2 aromatic carbocycles. The summed E-state index contributed by atoms with van der Waals surface area (Å²) in [6.07, 6.45) is 6.45. The number of anilines is 1. The van der Waals surface area contributed by atoms with Gasteiger partial charge in [-0.05, 0) is 52.7 Å². The summed E-state index contributed by atoms with van der Waals surface area (Å²) in [6.45, 7) is 0. The Kier molecular flexibility index (Phi) is 4.14. The summed E-state index contributed by atoms with van der Waals surface area (Å²) < 4.78 is 5.22. The van der Waals surface area contributed by atoms with Crippen molar-refractivity contribution in [3.05, 3.63) is 84.6 Å². The number of furan rings is 1. The molecule has 0 radical (unpaired) electrons. The Hall–Kier alpha value is -3.93. The molecular formula is C21H16N4O2. The van der Waals surface area contributed by atoms with Crippen LogP contribution in [0.1, 0.15) is 15.9 Å². The van der Waals surface area contributed by atoms with E-state index in [0.717, 1.165) is 21.9 Å². The van der Waals surface area contributed by atoms with Crippen molar-refractivity contribution in [3.8, 4) is 11.1 Å². The Morgan fingerprint density at radius 2 is 1.85 bits per heavy atom. The Bertz CT molecular complexity index is 1140. The largest absolute Gasteiger partial charge is 0.472 e. The second kappa shape index (κ2) is 6.76. The van der Waals surface area contributed by atoms with Gasteiger partial charge in [0.15, 0.2) is 0 Å². The summed E-state index contributed by atoms with van der Waals surface area (Å²) in [4.78, 5) is 16.7. The van der Waals surface area contributed by atoms with Crippen molar-refractivity contribution in [1.29, 1.82) is 5.41 Å². The van der Waals surface area contributed by atoms with E-state index in [1.165, 1.54) is 0 Å². The lowest BCUT2D eigenvalue weighted by Crippen LogP contribution is -2.12. The zero-order chi connectivity index (χ0) is 18.8. The van der Waals surface area contributed by atoms with E-state index in [2.05, 4.69) is 10.3 Å². The number of hydrogen-bond donors (Lipinski definition) is 3. The van der Waals surface area contributed by atoms with Gasteiger partial charge in [-0.25, -0.2) is 0 Å². The number of carbonyl (C=O) groups excluding carboxylic acids is 1. The van der Waals surface area contributed by atoms with Crippen LogP contribution in [0.2, 0.25) is 0 Å². The minimum absolute atomic E-state index is 0.00505. The predicted molar refractivity (Wildman–Crippen MR) is 105 cm³/mol. The van der Waals surface area contributed by atoms with Gasteiger partial charge < -0.3 is 15.5 Å². The van der Waals surface area contributed by atoms with Crippen LogP contribution in [-0.4, -0.2) is 16.7 Å². The molecule has 0 aliphatic heterocycles. The highest BCUT2D eigenvalue weighted by atomic mass is 16.3. The molecule has 132 valence electrons. The monoisotopic (exact) mass is 356 g/mol. The number of amidine groups is 1. The van der Waals surface area contributed by atoms with Crippen LogP contribution in [0.15, 0.2) is 77.9 Å². The molecule has 0 unspecified atom stereocenters. The molecular weight excluding hydrogens is 340 g/mol. The van der Waals surface area contributed by atoms with E-state index in [9.17, 15) is 4.79 Å². The quantitative estimate of drug-likeness (QED) is 0.379. The number of nitrogen functional groups attached to an aromatic ring is 1. The molecule has 1 amide bonds. The standard InChI is InChI=1S/C21H16N4O2/c22-20(23)14-2-1-13-9-16(21(26)25-17-3-6-24-7-4-17)11-19(18(13)10-14)15-5-8-27-12-15/h1-12H,(H3,22,23)(H,24,25,26). The zero-order valence-corrected chi connectivity index (χ0v) is 14.3. The molecule has 4 N–H and O–H groups in total. The highest BCUT2D eigenvalue weighted by Crippen LogP contribution is 2.31. The Labute approximate surface area is 155 Å². The summed E-state index contributed by atoms with van der Waals surface area (Å²) in [5.74, 6) is -0.224. The minimum Gasteiger partial charge on any atom is -0.472 e. The fraction of sp³-hybridized carbons (Fsp3) is 0. The van der Waals surface area contributed by atoms with Crippen LogP contribution in [0.4, 0.5) is 5.69 Å². The topological polar surface area (TPSA) is 105 Å². The van der Waals surface area contributed by atoms with Gasteiger partial charge in [-0.2, -0.15) is 0 Å². The maximum atomic E-state index is 12.7. The number of pyridine rings is 1. The first-order valence-electron chi connectivity index (χ1n) is 8.28. The molecule has 2 heterocycles. The zero-order valence-electron chi connectivity index (χ0n) is 14.3. The number of hydrogen-bond acceptors (Lipinski definition) is 4. The highest BCUT2D eigenvalue weighted by Gasteiger charge is 2.14. The first-order chi connectivity index (χ1) is 13.1. The number of nitrogens with one attached hydrogen (secondary N) is 2. The van der Waals surface area contributed by atoms with Crippen LogP contribution in [-0.2, 0) is 0 Å². The maximum Gasteiger partial charge on any atom is 0.255 e. The number of rotatable bonds is 4. The lowest BCUT2D eigenvalue weighted by atomic mass is 9.95. The molecule has 27 heavy (non-hydrogen) atoms. The van der Waals surface area contributed by atoms with E-state index in [1.807, 2.05) is 30.3 Å². The van der Waals surface area contributed by atoms with Gasteiger partial charge in [-0.15, -0.1) is 0 Å². The molecule has 0 saturated heterocycles. The maximum absolute atomic E-state index is 12.7. The van der Waals surface area contributed by atoms with Gasteiger partial charge in [0.25, 0.3) is 5.91 Å². The van der Waals surface area contributed by atoms with Crippen molar-refractivity contribution in [2.45, 2.75) is 0 Å². The van der Waals surface area contributed by atoms with Crippen LogP contribution < -0.4 is 11.1 Å². The normalized spacial score (nSPS) is 10.7. The van der Waals surface area contributed by atoms with Gasteiger partial charge in [0.1, 0.15) is 5.84 Å². The van der Waals surface area contributed by atoms with E-state index >= 15 is 0 Å². The summed E-state index contributed by atoms with van der Waals surface area (Å²) >= 11 is 0. The Morgan fingerprint density at radius 3 is 2.56 bits per heavy atom. The molecule has 0 aliphatic rings. The summed E-state index contributed by atoms with van der Waals surface area (Å²) in [6, 6.07) is 14.4. The molecule has 4 aromatic rings. The molecule has 0 spiro atoms. The third kappa shape index (κ3) is 3.28. The van der Waals surface area contributed by atoms with Crippen molar-refractivity contribution in [2.24, 2.45) is 5.73 Å². The Balaban J connectivity index is 1.84. The SMILES string of the molecule is N=C(N)c1ccc2cc(C(=O)Nc3ccncc3)cc(-c3ccoc3)c2c1. The first-order valence-corrected chi connectivity index (χ1v) is 8.28. The van der Waals surface area contributed by atoms with E-state index in [0.29, 0.717) is 16.8 Å². The predicted octanol–water partition coefficient (Wildman–Crippen LogP) is 4.03. The molecule has 4 rings (SSSR count). The average molecular weight is 356 g/mol. The van der Waals surface area contributed by atoms with Gasteiger partial charge in [0.2, 0.25) is 0 Å². The fourth-order valence-corrected chi connectivity index (χ4v) is 2.95. The number of nitrogens with two attached hydrogens (primary N) is 1. The van der Waals surface area contributed by atoms with Crippen molar-refractivity contribution in [2.75, 3.05) is 5.32 Å². The summed E-state index contributed by atoms with van der Waals surface area (Å²) in [5, 5.41) is 12.3. The van der Waals surface area contributed by atoms with E-state index < -0.39 is 0 Å². The second-order valence-electron chi connectivity index (χ2n) is 6.08. The lowest BCUT2D eigenvalue weighted by molar-refractivity contribution is 0.102. The van der Waals surface area contributed by atoms with E-state index in [1.54, 1.807) is 43.1 Å². The fourth-order valence-electron chi connectivity index (χ4n) is 2.95. The minimum atomic E-state index is -0.219. The number of nitrogens with zero attached hydrogens (tertiary/aromatic N) is 1. The van der Waals surface area contributed by atoms with Crippen molar-refractivity contribution < 1.29 is 9.21 Å². The van der Waals surface area contributed by atoms with E-state index in [4.69, 9.17) is 15.6 Å². The van der Waals surface area contributed by atoms with Crippen molar-refractivity contribution in [3.63, 3.8) is 0 Å². The number of carbonyl (C=O) groups is 1. The van der Waals surface area contributed by atoms with Crippen LogP contribution in [0, 0.1) is 5.41 Å². The lowest BCUT2D eigenvalue weighted by Gasteiger charge is -2.11. The Morgan fingerprint density at radius 1 is 1.04 bits per heavy atom. The molecule has 0 fully saturated rings. The van der Waals surface area contributed by atoms with E-state index in [-0.39, 0.29) is 11.7 Å². The summed E-state index contributed by atoms with van der Waals surface area (Å²) in [7, 11) is 0. The molecule has 0 bridgehead atoms. The average Bonchev–Trinajstić information content (AvgIpc) is 3.22. The molecule has 0 atom stereocenters. The van der Waals surface area contributed by atoms with Gasteiger partial charge in [0.05, 0.1) is 12.5 Å². The van der Waals surface area contributed by atoms with Gasteiger partial charge >= 0.3 is 0 Å². The number of fused-ring (bicyclic) bond motifs is 1. The molecule has 6 nitrogen and oxygen atoms in total. The number of amides is 1. The van der Waals surface area contributed by atoms with Crippen molar-refractivity contribution >= 4 is 28.2 Å².